The fourth-order valence-corrected chi connectivity index (χ4v) is 3.96. The van der Waals surface area contributed by atoms with E-state index in [2.05, 4.69) is 10.3 Å². The van der Waals surface area contributed by atoms with Gasteiger partial charge in [0.25, 0.3) is 5.91 Å². The van der Waals surface area contributed by atoms with E-state index in [-0.39, 0.29) is 18.3 Å². The van der Waals surface area contributed by atoms with E-state index in [0.29, 0.717) is 17.3 Å². The highest BCUT2D eigenvalue weighted by atomic mass is 32.1. The Morgan fingerprint density at radius 1 is 1.11 bits per heavy atom. The van der Waals surface area contributed by atoms with Crippen molar-refractivity contribution in [2.24, 2.45) is 0 Å². The van der Waals surface area contributed by atoms with Crippen molar-refractivity contribution in [2.45, 2.75) is 6.54 Å². The Balaban J connectivity index is 1.35. The molecule has 0 aliphatic carbocycles. The number of thiazole rings is 1. The molecular formula is C19H14N2O4S2. The number of carbonyl (C=O) groups excluding carboxylic acids is 2. The van der Waals surface area contributed by atoms with Crippen LogP contribution in [0.4, 0.5) is 0 Å². The number of hydrogen-bond donors (Lipinski definition) is 1. The molecule has 0 saturated heterocycles. The van der Waals surface area contributed by atoms with Gasteiger partial charge in [0.15, 0.2) is 17.4 Å². The second-order valence-corrected chi connectivity index (χ2v) is 7.65. The van der Waals surface area contributed by atoms with Crippen molar-refractivity contribution in [2.75, 3.05) is 6.61 Å². The average molecular weight is 398 g/mol. The van der Waals surface area contributed by atoms with Crippen LogP contribution < -0.4 is 5.32 Å². The third-order valence-electron chi connectivity index (χ3n) is 3.69. The molecule has 0 radical (unpaired) electrons. The lowest BCUT2D eigenvalue weighted by Gasteiger charge is -2.04. The SMILES string of the molecule is O=C(COC(=O)c1ccc(-c2nc3ccccc3s2)o1)NCc1cccs1. The molecule has 8 heteroatoms. The van der Waals surface area contributed by atoms with Crippen molar-refractivity contribution >= 4 is 44.8 Å². The molecule has 0 aliphatic rings. The second-order valence-electron chi connectivity index (χ2n) is 5.58. The minimum absolute atomic E-state index is 0.0373. The molecule has 3 aromatic heterocycles. The van der Waals surface area contributed by atoms with Gasteiger partial charge in [-0.1, -0.05) is 18.2 Å². The monoisotopic (exact) mass is 398 g/mol. The van der Waals surface area contributed by atoms with Crippen LogP contribution in [0, 0.1) is 0 Å². The fraction of sp³-hybridized carbons (Fsp3) is 0.105. The molecule has 1 amide bonds. The Hall–Kier alpha value is -2.97. The lowest BCUT2D eigenvalue weighted by molar-refractivity contribution is -0.124. The Kier molecular flexibility index (Phi) is 4.99. The van der Waals surface area contributed by atoms with Gasteiger partial charge in [0, 0.05) is 4.88 Å². The van der Waals surface area contributed by atoms with Gasteiger partial charge in [0.1, 0.15) is 0 Å². The number of para-hydroxylation sites is 1. The van der Waals surface area contributed by atoms with Crippen LogP contribution in [0.25, 0.3) is 21.0 Å². The third kappa shape index (κ3) is 4.07. The summed E-state index contributed by atoms with van der Waals surface area (Å²) in [5.41, 5.74) is 0.875. The molecule has 136 valence electrons. The maximum Gasteiger partial charge on any atom is 0.374 e. The van der Waals surface area contributed by atoms with Crippen molar-refractivity contribution in [3.8, 4) is 10.8 Å². The number of nitrogens with zero attached hydrogens (tertiary/aromatic N) is 1. The first-order chi connectivity index (χ1) is 13.2. The molecule has 0 atom stereocenters. The van der Waals surface area contributed by atoms with Gasteiger partial charge in [-0.15, -0.1) is 22.7 Å². The summed E-state index contributed by atoms with van der Waals surface area (Å²) >= 11 is 3.02. The predicted molar refractivity (Wildman–Crippen MR) is 104 cm³/mol. The quantitative estimate of drug-likeness (QED) is 0.495. The molecule has 4 rings (SSSR count). The van der Waals surface area contributed by atoms with Gasteiger partial charge in [-0.05, 0) is 35.7 Å². The highest BCUT2D eigenvalue weighted by Gasteiger charge is 2.17. The summed E-state index contributed by atoms with van der Waals surface area (Å²) in [5.74, 6) is -0.524. The maximum atomic E-state index is 12.1. The van der Waals surface area contributed by atoms with E-state index in [1.165, 1.54) is 17.4 Å². The lowest BCUT2D eigenvalue weighted by atomic mass is 10.3. The number of hydrogen-bond acceptors (Lipinski definition) is 7. The number of benzene rings is 1. The molecule has 1 aromatic carbocycles. The minimum Gasteiger partial charge on any atom is -0.450 e. The van der Waals surface area contributed by atoms with Crippen LogP contribution in [0.1, 0.15) is 15.4 Å². The molecule has 0 aliphatic heterocycles. The zero-order valence-electron chi connectivity index (χ0n) is 14.0. The maximum absolute atomic E-state index is 12.1. The highest BCUT2D eigenvalue weighted by Crippen LogP contribution is 2.31. The number of carbonyl (C=O) groups is 2. The van der Waals surface area contributed by atoms with Crippen LogP contribution in [-0.4, -0.2) is 23.5 Å². The zero-order valence-corrected chi connectivity index (χ0v) is 15.6. The molecule has 4 aromatic rings. The minimum atomic E-state index is -0.686. The summed E-state index contributed by atoms with van der Waals surface area (Å²) in [4.78, 5) is 29.4. The molecule has 0 saturated carbocycles. The molecule has 0 spiro atoms. The standard InChI is InChI=1S/C19H14N2O4S2/c22-17(20-10-12-4-3-9-26-12)11-24-19(23)15-8-7-14(25-15)18-21-13-5-1-2-6-16(13)27-18/h1-9H,10-11H2,(H,20,22). The van der Waals surface area contributed by atoms with Gasteiger partial charge in [0.05, 0.1) is 16.8 Å². The van der Waals surface area contributed by atoms with Crippen LogP contribution in [0.15, 0.2) is 58.3 Å². The summed E-state index contributed by atoms with van der Waals surface area (Å²) in [6.45, 7) is 0.0535. The van der Waals surface area contributed by atoms with E-state index in [9.17, 15) is 9.59 Å². The molecule has 1 N–H and O–H groups in total. The average Bonchev–Trinajstić information content (AvgIpc) is 3.43. The van der Waals surface area contributed by atoms with Gasteiger partial charge >= 0.3 is 5.97 Å². The van der Waals surface area contributed by atoms with E-state index in [0.717, 1.165) is 15.1 Å². The first kappa shape index (κ1) is 17.4. The molecular weight excluding hydrogens is 384 g/mol. The fourth-order valence-electron chi connectivity index (χ4n) is 2.39. The van der Waals surface area contributed by atoms with E-state index >= 15 is 0 Å². The normalized spacial score (nSPS) is 10.8. The lowest BCUT2D eigenvalue weighted by Crippen LogP contribution is -2.28. The largest absolute Gasteiger partial charge is 0.450 e. The van der Waals surface area contributed by atoms with E-state index in [1.807, 2.05) is 41.8 Å². The molecule has 0 fully saturated rings. The van der Waals surface area contributed by atoms with Crippen LogP contribution >= 0.6 is 22.7 Å². The van der Waals surface area contributed by atoms with Crippen molar-refractivity contribution in [1.82, 2.24) is 10.3 Å². The number of thiophene rings is 1. The number of rotatable bonds is 6. The summed E-state index contributed by atoms with van der Waals surface area (Å²) in [6, 6.07) is 14.8. The Labute approximate surface area is 162 Å². The number of aromatic nitrogens is 1. The molecule has 3 heterocycles. The highest BCUT2D eigenvalue weighted by molar-refractivity contribution is 7.21. The zero-order chi connectivity index (χ0) is 18.6. The Bertz CT molecular complexity index is 1050. The summed E-state index contributed by atoms with van der Waals surface area (Å²) in [6.07, 6.45) is 0. The van der Waals surface area contributed by atoms with Crippen LogP contribution in [0.2, 0.25) is 0 Å². The first-order valence-corrected chi connectivity index (χ1v) is 9.80. The van der Waals surface area contributed by atoms with Gasteiger partial charge in [-0.25, -0.2) is 9.78 Å². The second kappa shape index (κ2) is 7.73. The first-order valence-electron chi connectivity index (χ1n) is 8.11. The van der Waals surface area contributed by atoms with Crippen LogP contribution in [0.3, 0.4) is 0 Å². The van der Waals surface area contributed by atoms with E-state index in [1.54, 1.807) is 17.4 Å². The Morgan fingerprint density at radius 2 is 2.00 bits per heavy atom. The molecule has 27 heavy (non-hydrogen) atoms. The van der Waals surface area contributed by atoms with Crippen molar-refractivity contribution in [1.29, 1.82) is 0 Å². The topological polar surface area (TPSA) is 81.4 Å². The van der Waals surface area contributed by atoms with Crippen LogP contribution in [-0.2, 0) is 16.1 Å². The van der Waals surface area contributed by atoms with Crippen molar-refractivity contribution in [3.05, 3.63) is 64.5 Å². The van der Waals surface area contributed by atoms with E-state index < -0.39 is 5.97 Å². The van der Waals surface area contributed by atoms with Crippen molar-refractivity contribution in [3.63, 3.8) is 0 Å². The number of furan rings is 1. The van der Waals surface area contributed by atoms with Gasteiger partial charge in [-0.2, -0.15) is 0 Å². The van der Waals surface area contributed by atoms with Gasteiger partial charge < -0.3 is 14.5 Å². The van der Waals surface area contributed by atoms with Crippen molar-refractivity contribution < 1.29 is 18.7 Å². The van der Waals surface area contributed by atoms with Gasteiger partial charge in [-0.3, -0.25) is 4.79 Å². The number of amides is 1. The number of fused-ring (bicyclic) bond motifs is 1. The Morgan fingerprint density at radius 3 is 2.81 bits per heavy atom. The third-order valence-corrected chi connectivity index (χ3v) is 5.61. The number of ether oxygens (including phenoxy) is 1. The predicted octanol–water partition coefficient (Wildman–Crippen LogP) is 4.09. The molecule has 6 nitrogen and oxygen atoms in total. The van der Waals surface area contributed by atoms with Crippen LogP contribution in [0.5, 0.6) is 0 Å². The van der Waals surface area contributed by atoms with Gasteiger partial charge in [0.2, 0.25) is 5.76 Å². The smallest absolute Gasteiger partial charge is 0.374 e. The molecule has 0 bridgehead atoms. The van der Waals surface area contributed by atoms with E-state index in [4.69, 9.17) is 9.15 Å². The molecule has 0 unspecified atom stereocenters. The summed E-state index contributed by atoms with van der Waals surface area (Å²) < 4.78 is 11.6. The number of esters is 1. The summed E-state index contributed by atoms with van der Waals surface area (Å²) in [7, 11) is 0. The summed E-state index contributed by atoms with van der Waals surface area (Å²) in [5, 5.41) is 5.31. The number of nitrogens with one attached hydrogen (secondary N) is 1.